The van der Waals surface area contributed by atoms with Crippen molar-refractivity contribution < 1.29 is 4.74 Å². The number of benzene rings is 2. The van der Waals surface area contributed by atoms with Crippen LogP contribution in [0.25, 0.3) is 0 Å². The quantitative estimate of drug-likeness (QED) is 0.829. The van der Waals surface area contributed by atoms with Crippen molar-refractivity contribution in [1.29, 1.82) is 0 Å². The van der Waals surface area contributed by atoms with E-state index in [0.717, 1.165) is 10.0 Å². The van der Waals surface area contributed by atoms with Gasteiger partial charge >= 0.3 is 0 Å². The summed E-state index contributed by atoms with van der Waals surface area (Å²) in [7, 11) is 0. The monoisotopic (exact) mass is 355 g/mol. The second kappa shape index (κ2) is 6.37. The molecule has 2 aromatic rings. The lowest BCUT2D eigenvalue weighted by Crippen LogP contribution is -2.11. The van der Waals surface area contributed by atoms with E-state index in [1.807, 2.05) is 24.3 Å². The van der Waals surface area contributed by atoms with Gasteiger partial charge in [0, 0.05) is 9.50 Å². The van der Waals surface area contributed by atoms with Crippen molar-refractivity contribution in [1.82, 2.24) is 0 Å². The highest BCUT2D eigenvalue weighted by Crippen LogP contribution is 2.24. The molecule has 0 atom stereocenters. The number of thiocarbonyl (C=S) groups is 1. The van der Waals surface area contributed by atoms with E-state index >= 15 is 0 Å². The first kappa shape index (κ1) is 14.3. The molecule has 2 nitrogen and oxygen atoms in total. The molecule has 0 heterocycles. The van der Waals surface area contributed by atoms with E-state index in [1.165, 1.54) is 0 Å². The summed E-state index contributed by atoms with van der Waals surface area (Å²) in [6.45, 7) is 0.449. The van der Waals surface area contributed by atoms with Gasteiger partial charge in [0.25, 0.3) is 0 Å². The maximum absolute atomic E-state index is 5.92. The van der Waals surface area contributed by atoms with Gasteiger partial charge < -0.3 is 10.5 Å². The Bertz CT molecular complexity index is 601. The summed E-state index contributed by atoms with van der Waals surface area (Å²) in [4.78, 5) is 0.272. The first-order valence-electron chi connectivity index (χ1n) is 5.53. The van der Waals surface area contributed by atoms with Crippen LogP contribution in [0, 0.1) is 0 Å². The Hall–Kier alpha value is -1.10. The molecule has 5 heteroatoms. The predicted molar refractivity (Wildman–Crippen MR) is 85.8 cm³/mol. The summed E-state index contributed by atoms with van der Waals surface area (Å²) in [6, 6.07) is 13.1. The largest absolute Gasteiger partial charge is 0.488 e. The van der Waals surface area contributed by atoms with Crippen LogP contribution >= 0.6 is 39.7 Å². The summed E-state index contributed by atoms with van der Waals surface area (Å²) < 4.78 is 6.77. The lowest BCUT2D eigenvalue weighted by Gasteiger charge is -2.11. The zero-order valence-corrected chi connectivity index (χ0v) is 13.1. The summed E-state index contributed by atoms with van der Waals surface area (Å²) in [5.74, 6) is 0.639. The Morgan fingerprint density at radius 3 is 2.53 bits per heavy atom. The molecule has 0 aliphatic rings. The fraction of sp³-hybridized carbons (Fsp3) is 0.0714. The normalized spacial score (nSPS) is 10.2. The second-order valence-electron chi connectivity index (χ2n) is 3.92. The maximum atomic E-state index is 5.92. The van der Waals surface area contributed by atoms with Gasteiger partial charge in [-0.1, -0.05) is 51.9 Å². The highest BCUT2D eigenvalue weighted by molar-refractivity contribution is 9.10. The van der Waals surface area contributed by atoms with Crippen LogP contribution in [-0.4, -0.2) is 4.99 Å². The average Bonchev–Trinajstić information content (AvgIpc) is 2.39. The molecule has 0 aliphatic carbocycles. The van der Waals surface area contributed by atoms with E-state index in [4.69, 9.17) is 34.3 Å². The van der Waals surface area contributed by atoms with E-state index in [0.29, 0.717) is 22.9 Å². The molecule has 0 bridgehead atoms. The van der Waals surface area contributed by atoms with Crippen molar-refractivity contribution in [2.24, 2.45) is 5.73 Å². The molecule has 0 amide bonds. The van der Waals surface area contributed by atoms with Crippen LogP contribution in [-0.2, 0) is 6.61 Å². The van der Waals surface area contributed by atoms with E-state index in [2.05, 4.69) is 15.9 Å². The van der Waals surface area contributed by atoms with Crippen LogP contribution in [0.3, 0.4) is 0 Å². The van der Waals surface area contributed by atoms with Crippen LogP contribution in [0.2, 0.25) is 5.02 Å². The van der Waals surface area contributed by atoms with Gasteiger partial charge in [-0.2, -0.15) is 0 Å². The van der Waals surface area contributed by atoms with Crippen LogP contribution in [0.15, 0.2) is 46.9 Å². The summed E-state index contributed by atoms with van der Waals surface area (Å²) in [5, 5.41) is 0.582. The Balaban J connectivity index is 2.15. The molecule has 0 spiro atoms. The molecule has 19 heavy (non-hydrogen) atoms. The lowest BCUT2D eigenvalue weighted by atomic mass is 10.2. The van der Waals surface area contributed by atoms with Gasteiger partial charge in [-0.05, 0) is 35.9 Å². The smallest absolute Gasteiger partial charge is 0.130 e. The highest BCUT2D eigenvalue weighted by Gasteiger charge is 2.07. The highest BCUT2D eigenvalue weighted by atomic mass is 79.9. The molecule has 0 saturated carbocycles. The Labute approximate surface area is 130 Å². The van der Waals surface area contributed by atoms with Crippen LogP contribution in [0.5, 0.6) is 5.75 Å². The van der Waals surface area contributed by atoms with E-state index in [9.17, 15) is 0 Å². The third kappa shape index (κ3) is 3.93. The minimum Gasteiger partial charge on any atom is -0.488 e. The molecule has 98 valence electrons. The van der Waals surface area contributed by atoms with Crippen molar-refractivity contribution in [2.75, 3.05) is 0 Å². The Kier molecular flexibility index (Phi) is 4.80. The zero-order chi connectivity index (χ0) is 13.8. The summed E-state index contributed by atoms with van der Waals surface area (Å²) >= 11 is 14.3. The van der Waals surface area contributed by atoms with Gasteiger partial charge in [0.2, 0.25) is 0 Å². The molecule has 0 aliphatic heterocycles. The molecule has 0 saturated heterocycles. The Morgan fingerprint density at radius 2 is 1.89 bits per heavy atom. The molecule has 0 radical (unpaired) electrons. The number of hydrogen-bond acceptors (Lipinski definition) is 2. The van der Waals surface area contributed by atoms with Crippen molar-refractivity contribution in [3.8, 4) is 5.75 Å². The minimum atomic E-state index is 0.272. The molecular weight excluding hydrogens is 346 g/mol. The van der Waals surface area contributed by atoms with Crippen LogP contribution in [0.1, 0.15) is 11.1 Å². The topological polar surface area (TPSA) is 35.2 Å². The lowest BCUT2D eigenvalue weighted by molar-refractivity contribution is 0.305. The SMILES string of the molecule is NC(=S)c1cc(Cl)ccc1OCc1ccc(Br)cc1. The van der Waals surface area contributed by atoms with Crippen molar-refractivity contribution >= 4 is 44.7 Å². The van der Waals surface area contributed by atoms with Gasteiger partial charge in [-0.15, -0.1) is 0 Å². The second-order valence-corrected chi connectivity index (χ2v) is 5.71. The van der Waals surface area contributed by atoms with Crippen LogP contribution < -0.4 is 10.5 Å². The molecule has 0 aromatic heterocycles. The third-order valence-electron chi connectivity index (χ3n) is 2.51. The first-order chi connectivity index (χ1) is 9.06. The van der Waals surface area contributed by atoms with Gasteiger partial charge in [0.1, 0.15) is 17.3 Å². The fourth-order valence-corrected chi connectivity index (χ4v) is 2.16. The molecule has 0 unspecified atom stereocenters. The molecule has 2 rings (SSSR count). The van der Waals surface area contributed by atoms with Crippen molar-refractivity contribution in [3.63, 3.8) is 0 Å². The summed E-state index contributed by atoms with van der Waals surface area (Å²) in [6.07, 6.45) is 0. The first-order valence-corrected chi connectivity index (χ1v) is 7.11. The van der Waals surface area contributed by atoms with Crippen molar-refractivity contribution in [2.45, 2.75) is 6.61 Å². The van der Waals surface area contributed by atoms with Crippen LogP contribution in [0.4, 0.5) is 0 Å². The third-order valence-corrected chi connectivity index (χ3v) is 3.50. The fourth-order valence-electron chi connectivity index (χ4n) is 1.56. The van der Waals surface area contributed by atoms with Gasteiger partial charge in [0.05, 0.1) is 5.56 Å². The molecular formula is C14H11BrClNOS. The molecule has 2 N–H and O–H groups in total. The minimum absolute atomic E-state index is 0.272. The predicted octanol–water partition coefficient (Wildman–Crippen LogP) is 4.32. The Morgan fingerprint density at radius 1 is 1.21 bits per heavy atom. The van der Waals surface area contributed by atoms with E-state index in [-0.39, 0.29) is 4.99 Å². The number of rotatable bonds is 4. The average molecular weight is 357 g/mol. The number of hydrogen-bond donors (Lipinski definition) is 1. The van der Waals surface area contributed by atoms with Gasteiger partial charge in [-0.3, -0.25) is 0 Å². The number of nitrogens with two attached hydrogens (primary N) is 1. The number of ether oxygens (including phenoxy) is 1. The molecule has 0 fully saturated rings. The van der Waals surface area contributed by atoms with Crippen molar-refractivity contribution in [3.05, 3.63) is 63.1 Å². The maximum Gasteiger partial charge on any atom is 0.130 e. The standard InChI is InChI=1S/C14H11BrClNOS/c15-10-3-1-9(2-4-10)8-18-13-6-5-11(16)7-12(13)14(17)19/h1-7H,8H2,(H2,17,19). The molecule has 2 aromatic carbocycles. The number of halogens is 2. The zero-order valence-electron chi connectivity index (χ0n) is 9.90. The summed E-state index contributed by atoms with van der Waals surface area (Å²) in [5.41, 5.74) is 7.37. The van der Waals surface area contributed by atoms with E-state index in [1.54, 1.807) is 18.2 Å². The van der Waals surface area contributed by atoms with Gasteiger partial charge in [0.15, 0.2) is 0 Å². The van der Waals surface area contributed by atoms with Gasteiger partial charge in [-0.25, -0.2) is 0 Å². The van der Waals surface area contributed by atoms with E-state index < -0.39 is 0 Å².